The van der Waals surface area contributed by atoms with Crippen molar-refractivity contribution in [3.05, 3.63) is 67.0 Å². The molecule has 2 aliphatic rings. The average molecular weight is 590 g/mol. The summed E-state index contributed by atoms with van der Waals surface area (Å²) in [7, 11) is 0. The Labute approximate surface area is 225 Å². The van der Waals surface area contributed by atoms with E-state index in [0.29, 0.717) is 41.2 Å². The van der Waals surface area contributed by atoms with Crippen molar-refractivity contribution in [1.82, 2.24) is 9.80 Å². The second kappa shape index (κ2) is 11.8. The van der Waals surface area contributed by atoms with E-state index in [2.05, 4.69) is 15.9 Å². The molecule has 2 heterocycles. The van der Waals surface area contributed by atoms with Gasteiger partial charge in [0.05, 0.1) is 20.9 Å². The van der Waals surface area contributed by atoms with Gasteiger partial charge < -0.3 is 14.4 Å². The number of rotatable bonds is 9. The fourth-order valence-electron chi connectivity index (χ4n) is 3.93. The molecule has 37 heavy (non-hydrogen) atoms. The molecule has 2 saturated heterocycles. The lowest BCUT2D eigenvalue weighted by molar-refractivity contribution is -0.384. The maximum absolute atomic E-state index is 12.9. The number of thioether (sulfide) groups is 1. The first kappa shape index (κ1) is 26.7. The van der Waals surface area contributed by atoms with Crippen LogP contribution >= 0.6 is 27.7 Å². The summed E-state index contributed by atoms with van der Waals surface area (Å²) in [4.78, 5) is 51.1. The van der Waals surface area contributed by atoms with Gasteiger partial charge in [0.25, 0.3) is 16.8 Å². The van der Waals surface area contributed by atoms with Gasteiger partial charge in [-0.05, 0) is 88.9 Å². The SMILES string of the molecule is CCOc1cc(/C=C2/SC(=O)N(CC(=O)N3CCCC3)C2=O)cc(Br)c1OCc1ccc([N+](=O)[O-])cc1. The number of benzene rings is 2. The van der Waals surface area contributed by atoms with Crippen LogP contribution < -0.4 is 9.47 Å². The summed E-state index contributed by atoms with van der Waals surface area (Å²) < 4.78 is 12.3. The Kier molecular flexibility index (Phi) is 8.49. The largest absolute Gasteiger partial charge is 0.490 e. The number of nitrogens with zero attached hydrogens (tertiary/aromatic N) is 3. The Morgan fingerprint density at radius 1 is 1.16 bits per heavy atom. The number of nitro groups is 1. The molecule has 0 spiro atoms. The predicted octanol–water partition coefficient (Wildman–Crippen LogP) is 4.99. The minimum atomic E-state index is -0.505. The van der Waals surface area contributed by atoms with Crippen LogP contribution in [0.1, 0.15) is 30.9 Å². The molecule has 0 unspecified atom stereocenters. The van der Waals surface area contributed by atoms with Crippen LogP contribution in [-0.2, 0) is 16.2 Å². The molecule has 10 nitrogen and oxygen atoms in total. The minimum Gasteiger partial charge on any atom is -0.490 e. The number of hydrogen-bond acceptors (Lipinski definition) is 8. The van der Waals surface area contributed by atoms with Gasteiger partial charge in [-0.2, -0.15) is 0 Å². The number of hydrogen-bond donors (Lipinski definition) is 0. The first-order valence-corrected chi connectivity index (χ1v) is 13.2. The van der Waals surface area contributed by atoms with Crippen LogP contribution in [0, 0.1) is 10.1 Å². The van der Waals surface area contributed by atoms with Crippen LogP contribution in [0.4, 0.5) is 10.5 Å². The Bertz CT molecular complexity index is 1260. The standard InChI is InChI=1S/C25H24BrN3O7S/c1-2-35-20-12-17(11-19(26)23(20)36-15-16-5-7-18(8-6-16)29(33)34)13-21-24(31)28(25(32)37-21)14-22(30)27-9-3-4-10-27/h5-8,11-13H,2-4,9-10,14-15H2,1H3/b21-13+. The number of imide groups is 1. The Morgan fingerprint density at radius 2 is 1.86 bits per heavy atom. The van der Waals surface area contributed by atoms with E-state index in [1.807, 2.05) is 6.92 Å². The second-order valence-corrected chi connectivity index (χ2v) is 10.2. The lowest BCUT2D eigenvalue weighted by Gasteiger charge is -2.18. The monoisotopic (exact) mass is 589 g/mol. The molecule has 2 fully saturated rings. The van der Waals surface area contributed by atoms with Gasteiger partial charge in [-0.25, -0.2) is 0 Å². The summed E-state index contributed by atoms with van der Waals surface area (Å²) >= 11 is 4.28. The molecule has 2 aromatic rings. The number of carbonyl (C=O) groups is 3. The molecular formula is C25H24BrN3O7S. The first-order valence-electron chi connectivity index (χ1n) is 11.6. The van der Waals surface area contributed by atoms with Gasteiger partial charge in [-0.3, -0.25) is 29.4 Å². The number of likely N-dealkylation sites (tertiary alicyclic amines) is 1. The normalized spacial score (nSPS) is 16.5. The topological polar surface area (TPSA) is 119 Å². The van der Waals surface area contributed by atoms with Crippen LogP contribution in [0.25, 0.3) is 6.08 Å². The molecule has 0 N–H and O–H groups in total. The molecule has 0 aliphatic carbocycles. The average Bonchev–Trinajstić information content (AvgIpc) is 3.49. The van der Waals surface area contributed by atoms with E-state index in [-0.39, 0.29) is 29.7 Å². The van der Waals surface area contributed by atoms with Gasteiger partial charge in [-0.1, -0.05) is 0 Å². The van der Waals surface area contributed by atoms with Crippen LogP contribution in [0.5, 0.6) is 11.5 Å². The van der Waals surface area contributed by atoms with Crippen molar-refractivity contribution in [3.63, 3.8) is 0 Å². The zero-order chi connectivity index (χ0) is 26.5. The van der Waals surface area contributed by atoms with Gasteiger partial charge >= 0.3 is 0 Å². The Morgan fingerprint density at radius 3 is 2.51 bits per heavy atom. The number of non-ortho nitro benzene ring substituents is 1. The molecule has 0 bridgehead atoms. The second-order valence-electron chi connectivity index (χ2n) is 8.33. The number of amides is 3. The maximum Gasteiger partial charge on any atom is 0.294 e. The molecule has 0 atom stereocenters. The lowest BCUT2D eigenvalue weighted by atomic mass is 10.1. The molecule has 3 amide bonds. The van der Waals surface area contributed by atoms with E-state index >= 15 is 0 Å². The van der Waals surface area contributed by atoms with Gasteiger partial charge in [0.15, 0.2) is 11.5 Å². The Hall–Kier alpha value is -3.38. The smallest absolute Gasteiger partial charge is 0.294 e. The zero-order valence-electron chi connectivity index (χ0n) is 20.0. The molecule has 194 valence electrons. The fraction of sp³-hybridized carbons (Fsp3) is 0.320. The third-order valence-electron chi connectivity index (χ3n) is 5.79. The summed E-state index contributed by atoms with van der Waals surface area (Å²) in [6.45, 7) is 3.38. The minimum absolute atomic E-state index is 0.00545. The molecule has 0 aromatic heterocycles. The number of ether oxygens (including phenoxy) is 2. The number of nitro benzene ring substituents is 1. The Balaban J connectivity index is 1.50. The molecule has 2 aliphatic heterocycles. The molecule has 0 saturated carbocycles. The third-order valence-corrected chi connectivity index (χ3v) is 7.28. The highest BCUT2D eigenvalue weighted by Gasteiger charge is 2.37. The summed E-state index contributed by atoms with van der Waals surface area (Å²) in [5, 5.41) is 10.4. The molecular weight excluding hydrogens is 566 g/mol. The van der Waals surface area contributed by atoms with E-state index < -0.39 is 16.1 Å². The molecule has 0 radical (unpaired) electrons. The van der Waals surface area contributed by atoms with E-state index in [1.165, 1.54) is 12.1 Å². The summed E-state index contributed by atoms with van der Waals surface area (Å²) in [5.74, 6) is 0.127. The first-order chi connectivity index (χ1) is 17.8. The summed E-state index contributed by atoms with van der Waals surface area (Å²) in [5.41, 5.74) is 1.34. The van der Waals surface area contributed by atoms with Crippen molar-refractivity contribution in [2.75, 3.05) is 26.2 Å². The molecule has 12 heteroatoms. The maximum atomic E-state index is 12.9. The van der Waals surface area contributed by atoms with Crippen LogP contribution in [0.2, 0.25) is 0 Å². The zero-order valence-corrected chi connectivity index (χ0v) is 22.4. The summed E-state index contributed by atoms with van der Waals surface area (Å²) in [6.07, 6.45) is 3.44. The van der Waals surface area contributed by atoms with E-state index in [0.717, 1.165) is 35.1 Å². The molecule has 4 rings (SSSR count). The van der Waals surface area contributed by atoms with Crippen molar-refractivity contribution < 1.29 is 28.8 Å². The van der Waals surface area contributed by atoms with E-state index in [1.54, 1.807) is 35.2 Å². The van der Waals surface area contributed by atoms with Crippen molar-refractivity contribution in [2.45, 2.75) is 26.4 Å². The van der Waals surface area contributed by atoms with Crippen molar-refractivity contribution >= 4 is 56.5 Å². The predicted molar refractivity (Wildman–Crippen MR) is 141 cm³/mol. The van der Waals surface area contributed by atoms with Crippen LogP contribution in [0.3, 0.4) is 0 Å². The highest BCUT2D eigenvalue weighted by molar-refractivity contribution is 9.10. The molecule has 2 aromatic carbocycles. The van der Waals surface area contributed by atoms with E-state index in [9.17, 15) is 24.5 Å². The van der Waals surface area contributed by atoms with Crippen LogP contribution in [-0.4, -0.2) is 58.0 Å². The lowest BCUT2D eigenvalue weighted by Crippen LogP contribution is -2.40. The summed E-state index contributed by atoms with van der Waals surface area (Å²) in [6, 6.07) is 9.48. The van der Waals surface area contributed by atoms with Gasteiger partial charge in [-0.15, -0.1) is 0 Å². The third kappa shape index (κ3) is 6.31. The van der Waals surface area contributed by atoms with Crippen molar-refractivity contribution in [3.8, 4) is 11.5 Å². The van der Waals surface area contributed by atoms with E-state index in [4.69, 9.17) is 9.47 Å². The fourth-order valence-corrected chi connectivity index (χ4v) is 5.35. The van der Waals surface area contributed by atoms with Crippen LogP contribution in [0.15, 0.2) is 45.8 Å². The van der Waals surface area contributed by atoms with Gasteiger partial charge in [0.2, 0.25) is 5.91 Å². The highest BCUT2D eigenvalue weighted by Crippen LogP contribution is 2.40. The number of halogens is 1. The van der Waals surface area contributed by atoms with Crippen molar-refractivity contribution in [2.24, 2.45) is 0 Å². The van der Waals surface area contributed by atoms with Gasteiger partial charge in [0, 0.05) is 25.2 Å². The number of carbonyl (C=O) groups excluding carboxylic acids is 3. The highest BCUT2D eigenvalue weighted by atomic mass is 79.9. The van der Waals surface area contributed by atoms with Gasteiger partial charge in [0.1, 0.15) is 13.2 Å². The van der Waals surface area contributed by atoms with Crippen molar-refractivity contribution in [1.29, 1.82) is 0 Å². The quantitative estimate of drug-likeness (QED) is 0.228.